The van der Waals surface area contributed by atoms with Gasteiger partial charge in [-0.1, -0.05) is 41.5 Å². The molecule has 1 aliphatic rings. The Morgan fingerprint density at radius 3 is 1.79 bits per heavy atom. The Morgan fingerprint density at radius 1 is 1.07 bits per heavy atom. The third kappa shape index (κ3) is 1.89. The number of rotatable bonds is 0. The maximum atomic E-state index is 4.42. The van der Waals surface area contributed by atoms with Gasteiger partial charge in [0.25, 0.3) is 0 Å². The van der Waals surface area contributed by atoms with E-state index in [0.29, 0.717) is 0 Å². The van der Waals surface area contributed by atoms with Crippen LogP contribution >= 0.6 is 0 Å². The zero-order valence-electron chi connectivity index (χ0n) is 10.5. The van der Waals surface area contributed by atoms with Crippen LogP contribution in [0, 0.1) is 10.8 Å². The highest BCUT2D eigenvalue weighted by Crippen LogP contribution is 2.43. The molecule has 1 atom stereocenters. The summed E-state index contributed by atoms with van der Waals surface area (Å²) in [6.45, 7) is 15.3. The van der Waals surface area contributed by atoms with Crippen molar-refractivity contribution in [3.8, 4) is 0 Å². The fourth-order valence-electron chi connectivity index (χ4n) is 1.21. The molecule has 0 aromatic carbocycles. The van der Waals surface area contributed by atoms with E-state index in [1.807, 2.05) is 0 Å². The van der Waals surface area contributed by atoms with E-state index in [4.69, 9.17) is 0 Å². The fourth-order valence-corrected chi connectivity index (χ4v) is 1.21. The van der Waals surface area contributed by atoms with E-state index in [1.54, 1.807) is 0 Å². The molecule has 0 bridgehead atoms. The van der Waals surface area contributed by atoms with Crippen molar-refractivity contribution in [1.29, 1.82) is 0 Å². The lowest BCUT2D eigenvalue weighted by Crippen LogP contribution is -2.34. The Balaban J connectivity index is 3.04. The van der Waals surface area contributed by atoms with E-state index in [1.165, 1.54) is 0 Å². The van der Waals surface area contributed by atoms with Crippen LogP contribution in [0.25, 0.3) is 0 Å². The third-order valence-electron chi connectivity index (χ3n) is 3.07. The molecule has 1 rings (SSSR count). The van der Waals surface area contributed by atoms with Gasteiger partial charge in [0, 0.05) is 5.41 Å². The van der Waals surface area contributed by atoms with Crippen LogP contribution in [0.5, 0.6) is 0 Å². The predicted molar refractivity (Wildman–Crippen MR) is 60.3 cm³/mol. The van der Waals surface area contributed by atoms with Gasteiger partial charge in [0.15, 0.2) is 0 Å². The van der Waals surface area contributed by atoms with Crippen molar-refractivity contribution in [1.82, 2.24) is 0 Å². The Labute approximate surface area is 87.5 Å². The fraction of sp³-hybridized carbons (Fsp3) is 0.833. The van der Waals surface area contributed by atoms with Crippen molar-refractivity contribution in [3.05, 3.63) is 11.8 Å². The van der Waals surface area contributed by atoms with Gasteiger partial charge in [-0.05, 0) is 18.4 Å². The molecule has 0 saturated heterocycles. The van der Waals surface area contributed by atoms with Gasteiger partial charge in [0.1, 0.15) is 5.54 Å². The summed E-state index contributed by atoms with van der Waals surface area (Å²) in [7, 11) is 0. The van der Waals surface area contributed by atoms with Gasteiger partial charge >= 0.3 is 0 Å². The Hall–Kier alpha value is -0.660. The summed E-state index contributed by atoms with van der Waals surface area (Å²) in [5, 5.41) is 8.73. The van der Waals surface area contributed by atoms with Crippen LogP contribution in [0.15, 0.2) is 22.0 Å². The topological polar surface area (TPSA) is 24.7 Å². The lowest BCUT2D eigenvalue weighted by atomic mass is 9.74. The number of hydrogen-bond donors (Lipinski definition) is 0. The number of allylic oxidation sites excluding steroid dienone is 1. The number of hydrogen-bond acceptors (Lipinski definition) is 2. The van der Waals surface area contributed by atoms with Crippen molar-refractivity contribution in [2.45, 2.75) is 54.0 Å². The highest BCUT2D eigenvalue weighted by molar-refractivity contribution is 5.23. The second-order valence-corrected chi connectivity index (χ2v) is 6.38. The summed E-state index contributed by atoms with van der Waals surface area (Å²) in [6.07, 6.45) is 2.22. The zero-order valence-corrected chi connectivity index (χ0v) is 10.5. The number of nitrogens with zero attached hydrogens (tertiary/aromatic N) is 2. The van der Waals surface area contributed by atoms with Crippen molar-refractivity contribution in [2.75, 3.05) is 0 Å². The molecule has 1 aliphatic heterocycles. The first kappa shape index (κ1) is 11.4. The molecule has 0 N–H and O–H groups in total. The molecule has 1 heterocycles. The lowest BCUT2D eigenvalue weighted by molar-refractivity contribution is 0.262. The van der Waals surface area contributed by atoms with E-state index in [2.05, 4.69) is 64.8 Å². The summed E-state index contributed by atoms with van der Waals surface area (Å²) in [6, 6.07) is 0. The molecule has 0 fully saturated rings. The van der Waals surface area contributed by atoms with Crippen molar-refractivity contribution in [2.24, 2.45) is 21.1 Å². The van der Waals surface area contributed by atoms with Gasteiger partial charge in [-0.15, -0.1) is 0 Å². The minimum atomic E-state index is -0.143. The Morgan fingerprint density at radius 2 is 1.57 bits per heavy atom. The van der Waals surface area contributed by atoms with Crippen LogP contribution < -0.4 is 0 Å². The van der Waals surface area contributed by atoms with Crippen LogP contribution in [-0.2, 0) is 0 Å². The summed E-state index contributed by atoms with van der Waals surface area (Å²) in [5.41, 5.74) is 1.20. The Kier molecular flexibility index (Phi) is 2.38. The molecule has 14 heavy (non-hydrogen) atoms. The Bertz CT molecular complexity index is 286. The van der Waals surface area contributed by atoms with Crippen LogP contribution in [0.3, 0.4) is 0 Å². The monoisotopic (exact) mass is 194 g/mol. The SMILES string of the molecule is CC(C)(C)C1=CC(C)(C(C)(C)C)N=N1. The first-order chi connectivity index (χ1) is 6.06. The second-order valence-electron chi connectivity index (χ2n) is 6.38. The van der Waals surface area contributed by atoms with Crippen molar-refractivity contribution >= 4 is 0 Å². The molecule has 0 radical (unpaired) electrons. The van der Waals surface area contributed by atoms with Gasteiger partial charge in [-0.2, -0.15) is 10.2 Å². The average molecular weight is 194 g/mol. The summed E-state index contributed by atoms with van der Waals surface area (Å²) in [4.78, 5) is 0. The zero-order chi connectivity index (χ0) is 11.2. The maximum absolute atomic E-state index is 4.42. The van der Waals surface area contributed by atoms with Gasteiger partial charge in [0.05, 0.1) is 5.70 Å². The minimum absolute atomic E-state index is 0.104. The first-order valence-corrected chi connectivity index (χ1v) is 5.22. The average Bonchev–Trinajstić information content (AvgIpc) is 2.29. The van der Waals surface area contributed by atoms with E-state index in [0.717, 1.165) is 5.70 Å². The minimum Gasteiger partial charge on any atom is -0.178 e. The largest absolute Gasteiger partial charge is 0.178 e. The normalized spacial score (nSPS) is 28.1. The summed E-state index contributed by atoms with van der Waals surface area (Å²) < 4.78 is 0. The smallest absolute Gasteiger partial charge is 0.104 e. The molecular weight excluding hydrogens is 172 g/mol. The molecular formula is C12H22N2. The van der Waals surface area contributed by atoms with Crippen molar-refractivity contribution in [3.63, 3.8) is 0 Å². The summed E-state index contributed by atoms with van der Waals surface area (Å²) >= 11 is 0. The van der Waals surface area contributed by atoms with Crippen LogP contribution in [0.4, 0.5) is 0 Å². The molecule has 1 unspecified atom stereocenters. The molecule has 2 heteroatoms. The van der Waals surface area contributed by atoms with Crippen LogP contribution in [-0.4, -0.2) is 5.54 Å². The van der Waals surface area contributed by atoms with E-state index >= 15 is 0 Å². The number of azo groups is 1. The molecule has 2 nitrogen and oxygen atoms in total. The van der Waals surface area contributed by atoms with E-state index in [-0.39, 0.29) is 16.4 Å². The van der Waals surface area contributed by atoms with Gasteiger partial charge in [0.2, 0.25) is 0 Å². The highest BCUT2D eigenvalue weighted by Gasteiger charge is 2.40. The molecule has 0 aliphatic carbocycles. The molecule has 0 saturated carbocycles. The molecule has 0 spiro atoms. The standard InChI is InChI=1S/C12H22N2/c1-10(2,3)9-8-12(7,14-13-9)11(4,5)6/h8H,1-7H3. The van der Waals surface area contributed by atoms with Crippen LogP contribution in [0.1, 0.15) is 48.5 Å². The first-order valence-electron chi connectivity index (χ1n) is 5.22. The quantitative estimate of drug-likeness (QED) is 0.552. The van der Waals surface area contributed by atoms with Crippen molar-refractivity contribution < 1.29 is 0 Å². The third-order valence-corrected chi connectivity index (χ3v) is 3.07. The molecule has 0 aromatic heterocycles. The van der Waals surface area contributed by atoms with Gasteiger partial charge in [-0.25, -0.2) is 0 Å². The van der Waals surface area contributed by atoms with E-state index in [9.17, 15) is 0 Å². The molecule has 80 valence electrons. The lowest BCUT2D eigenvalue weighted by Gasteiger charge is -2.32. The molecule has 0 amide bonds. The predicted octanol–water partition coefficient (Wildman–Crippen LogP) is 4.19. The highest BCUT2D eigenvalue weighted by atomic mass is 15.2. The van der Waals surface area contributed by atoms with Gasteiger partial charge in [-0.3, -0.25) is 0 Å². The summed E-state index contributed by atoms with van der Waals surface area (Å²) in [5.74, 6) is 0. The second kappa shape index (κ2) is 2.91. The maximum Gasteiger partial charge on any atom is 0.104 e. The van der Waals surface area contributed by atoms with E-state index < -0.39 is 0 Å². The van der Waals surface area contributed by atoms with Gasteiger partial charge < -0.3 is 0 Å². The molecule has 0 aromatic rings. The van der Waals surface area contributed by atoms with Crippen LogP contribution in [0.2, 0.25) is 0 Å².